The maximum atomic E-state index is 13.2. The SMILES string of the molecule is Cc1ccc(-c2sc(-c3ccccc3)nc2CC(=O)Nc2ccc(C34CC5CC(CC(C5)C3)C4)cc2)cc1. The van der Waals surface area contributed by atoms with Gasteiger partial charge in [-0.3, -0.25) is 4.79 Å². The Morgan fingerprint density at radius 3 is 2.11 bits per heavy atom. The number of nitrogens with zero attached hydrogens (tertiary/aromatic N) is 1. The van der Waals surface area contributed by atoms with Gasteiger partial charge in [-0.2, -0.15) is 0 Å². The largest absolute Gasteiger partial charge is 0.326 e. The zero-order valence-electron chi connectivity index (χ0n) is 22.0. The monoisotopic (exact) mass is 518 g/mol. The number of aromatic nitrogens is 1. The highest BCUT2D eigenvalue weighted by atomic mass is 32.1. The highest BCUT2D eigenvalue weighted by molar-refractivity contribution is 7.18. The Hall–Kier alpha value is -3.24. The van der Waals surface area contributed by atoms with E-state index in [1.165, 1.54) is 49.7 Å². The average molecular weight is 519 g/mol. The lowest BCUT2D eigenvalue weighted by atomic mass is 9.48. The third-order valence-electron chi connectivity index (χ3n) is 9.18. The first kappa shape index (κ1) is 23.8. The van der Waals surface area contributed by atoms with Crippen LogP contribution < -0.4 is 5.32 Å². The average Bonchev–Trinajstić information content (AvgIpc) is 3.33. The second-order valence-corrected chi connectivity index (χ2v) is 13.0. The molecule has 0 saturated heterocycles. The number of anilines is 1. The molecule has 3 nitrogen and oxygen atoms in total. The van der Waals surface area contributed by atoms with Gasteiger partial charge in [0.15, 0.2) is 0 Å². The molecule has 4 aliphatic rings. The van der Waals surface area contributed by atoms with Crippen molar-refractivity contribution in [2.75, 3.05) is 5.32 Å². The topological polar surface area (TPSA) is 42.0 Å². The first-order chi connectivity index (χ1) is 18.5. The molecule has 0 spiro atoms. The first-order valence-electron chi connectivity index (χ1n) is 14.1. The van der Waals surface area contributed by atoms with Gasteiger partial charge < -0.3 is 5.32 Å². The summed E-state index contributed by atoms with van der Waals surface area (Å²) >= 11 is 1.66. The Kier molecular flexibility index (Phi) is 5.96. The van der Waals surface area contributed by atoms with Gasteiger partial charge in [0, 0.05) is 11.3 Å². The van der Waals surface area contributed by atoms with E-state index in [4.69, 9.17) is 4.98 Å². The van der Waals surface area contributed by atoms with Crippen molar-refractivity contribution in [1.29, 1.82) is 0 Å². The van der Waals surface area contributed by atoms with E-state index >= 15 is 0 Å². The minimum Gasteiger partial charge on any atom is -0.326 e. The summed E-state index contributed by atoms with van der Waals surface area (Å²) in [7, 11) is 0. The van der Waals surface area contributed by atoms with E-state index in [0.29, 0.717) is 5.41 Å². The minimum atomic E-state index is -0.0224. The molecule has 0 atom stereocenters. The molecule has 38 heavy (non-hydrogen) atoms. The van der Waals surface area contributed by atoms with Crippen LogP contribution in [0.15, 0.2) is 78.9 Å². The Morgan fingerprint density at radius 1 is 0.842 bits per heavy atom. The molecule has 0 aliphatic heterocycles. The summed E-state index contributed by atoms with van der Waals surface area (Å²) in [5.41, 5.74) is 6.99. The van der Waals surface area contributed by atoms with Crippen molar-refractivity contribution >= 4 is 22.9 Å². The van der Waals surface area contributed by atoms with Crippen LogP contribution in [0.4, 0.5) is 5.69 Å². The molecule has 4 aliphatic carbocycles. The smallest absolute Gasteiger partial charge is 0.230 e. The molecule has 4 heteroatoms. The molecule has 8 rings (SSSR count). The summed E-state index contributed by atoms with van der Waals surface area (Å²) in [5, 5.41) is 4.10. The number of nitrogens with one attached hydrogen (secondary N) is 1. The van der Waals surface area contributed by atoms with E-state index in [1.807, 2.05) is 18.2 Å². The van der Waals surface area contributed by atoms with Gasteiger partial charge in [-0.1, -0.05) is 72.3 Å². The Balaban J connectivity index is 1.10. The van der Waals surface area contributed by atoms with Gasteiger partial charge >= 0.3 is 0 Å². The van der Waals surface area contributed by atoms with Gasteiger partial charge in [0.2, 0.25) is 5.91 Å². The predicted molar refractivity (Wildman–Crippen MR) is 156 cm³/mol. The van der Waals surface area contributed by atoms with Crippen molar-refractivity contribution < 1.29 is 4.79 Å². The van der Waals surface area contributed by atoms with E-state index in [2.05, 4.69) is 72.9 Å². The van der Waals surface area contributed by atoms with Gasteiger partial charge in [0.1, 0.15) is 5.01 Å². The van der Waals surface area contributed by atoms with E-state index in [1.54, 1.807) is 11.3 Å². The molecule has 1 heterocycles. The van der Waals surface area contributed by atoms with E-state index in [-0.39, 0.29) is 12.3 Å². The van der Waals surface area contributed by atoms with Crippen molar-refractivity contribution in [3.05, 3.63) is 95.7 Å². The quantitative estimate of drug-likeness (QED) is 0.278. The molecule has 4 bridgehead atoms. The van der Waals surface area contributed by atoms with Crippen molar-refractivity contribution in [1.82, 2.24) is 4.98 Å². The zero-order chi connectivity index (χ0) is 25.7. The third-order valence-corrected chi connectivity index (χ3v) is 10.4. The minimum absolute atomic E-state index is 0.0224. The fourth-order valence-corrected chi connectivity index (χ4v) is 8.93. The number of aryl methyl sites for hydroxylation is 1. The van der Waals surface area contributed by atoms with Gasteiger partial charge in [-0.25, -0.2) is 4.98 Å². The summed E-state index contributed by atoms with van der Waals surface area (Å²) in [4.78, 5) is 19.2. The second kappa shape index (κ2) is 9.50. The van der Waals surface area contributed by atoms with Crippen LogP contribution >= 0.6 is 11.3 Å². The van der Waals surface area contributed by atoms with Crippen LogP contribution in [0.3, 0.4) is 0 Å². The summed E-state index contributed by atoms with van der Waals surface area (Å²) in [6, 6.07) is 27.5. The van der Waals surface area contributed by atoms with Crippen LogP contribution in [0.25, 0.3) is 21.0 Å². The second-order valence-electron chi connectivity index (χ2n) is 12.0. The third kappa shape index (κ3) is 4.49. The Morgan fingerprint density at radius 2 is 1.47 bits per heavy atom. The number of carbonyl (C=O) groups excluding carboxylic acids is 1. The number of carbonyl (C=O) groups is 1. The van der Waals surface area contributed by atoms with Crippen LogP contribution in [0.1, 0.15) is 55.3 Å². The molecule has 0 unspecified atom stereocenters. The summed E-state index contributed by atoms with van der Waals surface area (Å²) < 4.78 is 0. The normalized spacial score (nSPS) is 25.4. The van der Waals surface area contributed by atoms with Gasteiger partial charge in [0.05, 0.1) is 17.0 Å². The molecule has 1 aromatic heterocycles. The van der Waals surface area contributed by atoms with Crippen LogP contribution in [0, 0.1) is 24.7 Å². The van der Waals surface area contributed by atoms with Crippen molar-refractivity contribution in [2.24, 2.45) is 17.8 Å². The number of hydrogen-bond acceptors (Lipinski definition) is 3. The summed E-state index contributed by atoms with van der Waals surface area (Å²) in [6.07, 6.45) is 8.71. The number of rotatable bonds is 6. The Labute approximate surface area is 229 Å². The number of amides is 1. The number of hydrogen-bond donors (Lipinski definition) is 1. The maximum Gasteiger partial charge on any atom is 0.230 e. The zero-order valence-corrected chi connectivity index (χ0v) is 22.8. The van der Waals surface area contributed by atoms with Crippen LogP contribution in [0.2, 0.25) is 0 Å². The molecule has 4 fully saturated rings. The molecular weight excluding hydrogens is 484 g/mol. The van der Waals surface area contributed by atoms with E-state index < -0.39 is 0 Å². The molecule has 1 N–H and O–H groups in total. The Bertz CT molecular complexity index is 1420. The predicted octanol–water partition coefficient (Wildman–Crippen LogP) is 8.43. The van der Waals surface area contributed by atoms with Crippen LogP contribution in [0.5, 0.6) is 0 Å². The molecule has 4 saturated carbocycles. The molecule has 0 radical (unpaired) electrons. The van der Waals surface area contributed by atoms with E-state index in [9.17, 15) is 4.79 Å². The molecule has 192 valence electrons. The lowest BCUT2D eigenvalue weighted by Gasteiger charge is -2.57. The highest BCUT2D eigenvalue weighted by Crippen LogP contribution is 2.60. The fourth-order valence-electron chi connectivity index (χ4n) is 7.83. The maximum absolute atomic E-state index is 13.2. The summed E-state index contributed by atoms with van der Waals surface area (Å²) in [5.74, 6) is 2.78. The van der Waals surface area contributed by atoms with Crippen molar-refractivity contribution in [3.63, 3.8) is 0 Å². The van der Waals surface area contributed by atoms with Crippen molar-refractivity contribution in [3.8, 4) is 21.0 Å². The first-order valence-corrected chi connectivity index (χ1v) is 14.9. The molecule has 4 aromatic rings. The van der Waals surface area contributed by atoms with Crippen LogP contribution in [-0.2, 0) is 16.6 Å². The molecule has 3 aromatic carbocycles. The highest BCUT2D eigenvalue weighted by Gasteiger charge is 2.51. The standard InChI is InChI=1S/C34H34N2OS/c1-22-7-9-26(10-8-22)32-30(36-33(38-32)27-5-3-2-4-6-27)18-31(37)35-29-13-11-28(12-14-29)34-19-23-15-24(20-34)17-25(16-23)21-34/h2-14,23-25H,15-21H2,1H3,(H,35,37). The van der Waals surface area contributed by atoms with Crippen molar-refractivity contribution in [2.45, 2.75) is 57.3 Å². The van der Waals surface area contributed by atoms with Gasteiger partial charge in [0.25, 0.3) is 0 Å². The molecule has 1 amide bonds. The lowest BCUT2D eigenvalue weighted by Crippen LogP contribution is -2.48. The van der Waals surface area contributed by atoms with Gasteiger partial charge in [-0.15, -0.1) is 11.3 Å². The fraction of sp³-hybridized carbons (Fsp3) is 0.353. The van der Waals surface area contributed by atoms with Gasteiger partial charge in [-0.05, 0) is 91.9 Å². The molecular formula is C34H34N2OS. The van der Waals surface area contributed by atoms with E-state index in [0.717, 1.165) is 50.1 Å². The van der Waals surface area contributed by atoms with Crippen LogP contribution in [-0.4, -0.2) is 10.9 Å². The lowest BCUT2D eigenvalue weighted by molar-refractivity contribution is -0.115. The number of benzene rings is 3. The number of thiazole rings is 1. The summed E-state index contributed by atoms with van der Waals surface area (Å²) in [6.45, 7) is 2.09.